The van der Waals surface area contributed by atoms with Gasteiger partial charge in [-0.2, -0.15) is 0 Å². The van der Waals surface area contributed by atoms with Gasteiger partial charge in [-0.05, 0) is 49.2 Å². The molecule has 0 N–H and O–H groups in total. The summed E-state index contributed by atoms with van der Waals surface area (Å²) in [5.41, 5.74) is 2.62. The van der Waals surface area contributed by atoms with Crippen LogP contribution in [0.1, 0.15) is 29.3 Å². The highest BCUT2D eigenvalue weighted by atomic mass is 35.5. The average molecular weight is 359 g/mol. The third-order valence-electron chi connectivity index (χ3n) is 3.96. The average Bonchev–Trinajstić information content (AvgIpc) is 2.97. The maximum atomic E-state index is 13.0. The third kappa shape index (κ3) is 3.65. The Balaban J connectivity index is 1.96. The van der Waals surface area contributed by atoms with Crippen LogP contribution in [0.15, 0.2) is 53.5 Å². The number of thioether (sulfide) groups is 1. The van der Waals surface area contributed by atoms with Crippen LogP contribution < -0.4 is 0 Å². The molecule has 1 aliphatic heterocycles. The van der Waals surface area contributed by atoms with E-state index in [2.05, 4.69) is 6.92 Å². The van der Waals surface area contributed by atoms with Crippen LogP contribution in [-0.4, -0.2) is 27.8 Å². The van der Waals surface area contributed by atoms with Gasteiger partial charge in [-0.15, -0.1) is 0 Å². The van der Waals surface area contributed by atoms with Gasteiger partial charge in [-0.25, -0.2) is 4.99 Å². The van der Waals surface area contributed by atoms with Crippen LogP contribution in [-0.2, 0) is 0 Å². The van der Waals surface area contributed by atoms with Crippen molar-refractivity contribution in [1.29, 1.82) is 0 Å². The van der Waals surface area contributed by atoms with E-state index in [0.29, 0.717) is 10.6 Å². The van der Waals surface area contributed by atoms with Crippen LogP contribution in [0.2, 0.25) is 5.02 Å². The van der Waals surface area contributed by atoms with E-state index in [1.54, 1.807) is 36.0 Å². The van der Waals surface area contributed by atoms with Crippen molar-refractivity contribution in [2.45, 2.75) is 26.3 Å². The predicted octanol–water partition coefficient (Wildman–Crippen LogP) is 5.30. The summed E-state index contributed by atoms with van der Waals surface area (Å²) in [6.45, 7) is 4.13. The number of halogens is 1. The van der Waals surface area contributed by atoms with Gasteiger partial charge in [-0.1, -0.05) is 48.5 Å². The Kier molecular flexibility index (Phi) is 5.27. The van der Waals surface area contributed by atoms with E-state index in [1.165, 1.54) is 0 Å². The van der Waals surface area contributed by atoms with E-state index < -0.39 is 0 Å². The lowest BCUT2D eigenvalue weighted by Gasteiger charge is -2.23. The molecule has 0 bridgehead atoms. The summed E-state index contributed by atoms with van der Waals surface area (Å²) in [6.07, 6.45) is 0.895. The summed E-state index contributed by atoms with van der Waals surface area (Å²) in [5, 5.41) is 1.33. The Morgan fingerprint density at radius 1 is 1.29 bits per heavy atom. The van der Waals surface area contributed by atoms with Gasteiger partial charge in [0.05, 0.1) is 5.69 Å². The zero-order chi connectivity index (χ0) is 17.1. The fraction of sp³-hybridized carbons (Fsp3) is 0.263. The van der Waals surface area contributed by atoms with Gasteiger partial charge >= 0.3 is 0 Å². The second-order valence-electron chi connectivity index (χ2n) is 5.79. The number of hydrogen-bond acceptors (Lipinski definition) is 3. The first-order valence-corrected chi connectivity index (χ1v) is 9.32. The number of aliphatic imine (C=N–C) groups is 1. The van der Waals surface area contributed by atoms with Crippen molar-refractivity contribution in [3.05, 3.63) is 64.7 Å². The van der Waals surface area contributed by atoms with Gasteiger partial charge in [0.2, 0.25) is 0 Å². The Morgan fingerprint density at radius 2 is 2.08 bits per heavy atom. The Bertz CT molecular complexity index is 790. The zero-order valence-corrected chi connectivity index (χ0v) is 15.3. The third-order valence-corrected chi connectivity index (χ3v) is 5.30. The molecule has 2 aromatic rings. The minimum absolute atomic E-state index is 0.0410. The highest BCUT2D eigenvalue weighted by Gasteiger charge is 2.34. The molecule has 5 heteroatoms. The Morgan fingerprint density at radius 3 is 2.79 bits per heavy atom. The van der Waals surface area contributed by atoms with E-state index in [1.807, 2.05) is 36.1 Å². The molecule has 2 aromatic carbocycles. The van der Waals surface area contributed by atoms with E-state index >= 15 is 0 Å². The van der Waals surface area contributed by atoms with E-state index in [9.17, 15) is 4.79 Å². The largest absolute Gasteiger partial charge is 0.283 e. The van der Waals surface area contributed by atoms with Crippen molar-refractivity contribution in [1.82, 2.24) is 4.90 Å². The first kappa shape index (κ1) is 17.1. The molecule has 0 spiro atoms. The lowest BCUT2D eigenvalue weighted by Crippen LogP contribution is -2.39. The van der Waals surface area contributed by atoms with Gasteiger partial charge in [0.1, 0.15) is 0 Å². The lowest BCUT2D eigenvalue weighted by atomic mass is 10.1. The second kappa shape index (κ2) is 7.41. The minimum atomic E-state index is -0.0410. The van der Waals surface area contributed by atoms with Crippen LogP contribution >= 0.6 is 23.4 Å². The standard InChI is InChI=1S/C19H19ClN2OS/c1-3-17-12-24-19(21-16-9-4-6-13(2)10-16)22(17)18(23)14-7-5-8-15(20)11-14/h4-11,17H,3,12H2,1-2H3/t17-/m1/s1. The van der Waals surface area contributed by atoms with Crippen LogP contribution in [0.4, 0.5) is 5.69 Å². The number of carbonyl (C=O) groups is 1. The van der Waals surface area contributed by atoms with E-state index in [-0.39, 0.29) is 11.9 Å². The fourth-order valence-electron chi connectivity index (χ4n) is 2.68. The predicted molar refractivity (Wildman–Crippen MR) is 102 cm³/mol. The molecule has 3 rings (SSSR count). The molecule has 0 unspecified atom stereocenters. The summed E-state index contributed by atoms with van der Waals surface area (Å²) in [6, 6.07) is 15.2. The summed E-state index contributed by atoms with van der Waals surface area (Å²) >= 11 is 7.68. The minimum Gasteiger partial charge on any atom is -0.283 e. The highest BCUT2D eigenvalue weighted by molar-refractivity contribution is 8.14. The number of rotatable bonds is 3. The van der Waals surface area contributed by atoms with Crippen LogP contribution in [0.3, 0.4) is 0 Å². The monoisotopic (exact) mass is 358 g/mol. The number of amides is 1. The molecule has 0 aliphatic carbocycles. The summed E-state index contributed by atoms with van der Waals surface area (Å²) in [7, 11) is 0. The summed E-state index contributed by atoms with van der Waals surface area (Å²) in [5.74, 6) is 0.828. The first-order chi connectivity index (χ1) is 11.6. The van der Waals surface area contributed by atoms with Gasteiger partial charge < -0.3 is 0 Å². The molecule has 1 saturated heterocycles. The maximum Gasteiger partial charge on any atom is 0.260 e. The molecule has 0 radical (unpaired) electrons. The molecule has 24 heavy (non-hydrogen) atoms. The molecule has 1 aliphatic rings. The molecular weight excluding hydrogens is 340 g/mol. The number of benzene rings is 2. The molecule has 1 heterocycles. The molecule has 1 amide bonds. The smallest absolute Gasteiger partial charge is 0.260 e. The SMILES string of the molecule is CC[C@@H]1CSC(=Nc2cccc(C)c2)N1C(=O)c1cccc(Cl)c1. The zero-order valence-electron chi connectivity index (χ0n) is 13.7. The number of nitrogens with zero attached hydrogens (tertiary/aromatic N) is 2. The number of aryl methyl sites for hydroxylation is 1. The van der Waals surface area contributed by atoms with Crippen LogP contribution in [0, 0.1) is 6.92 Å². The molecule has 0 saturated carbocycles. The van der Waals surface area contributed by atoms with Crippen molar-refractivity contribution in [3.63, 3.8) is 0 Å². The number of hydrogen-bond donors (Lipinski definition) is 0. The van der Waals surface area contributed by atoms with Crippen LogP contribution in [0.25, 0.3) is 0 Å². The quantitative estimate of drug-likeness (QED) is 0.745. The van der Waals surface area contributed by atoms with Crippen molar-refractivity contribution < 1.29 is 4.79 Å². The van der Waals surface area contributed by atoms with E-state index in [4.69, 9.17) is 16.6 Å². The van der Waals surface area contributed by atoms with Crippen molar-refractivity contribution in [2.75, 3.05) is 5.75 Å². The van der Waals surface area contributed by atoms with Crippen molar-refractivity contribution in [3.8, 4) is 0 Å². The maximum absolute atomic E-state index is 13.0. The topological polar surface area (TPSA) is 32.7 Å². The van der Waals surface area contributed by atoms with Gasteiger partial charge in [0.15, 0.2) is 5.17 Å². The van der Waals surface area contributed by atoms with Crippen LogP contribution in [0.5, 0.6) is 0 Å². The molecule has 1 atom stereocenters. The number of carbonyl (C=O) groups excluding carboxylic acids is 1. The van der Waals surface area contributed by atoms with Gasteiger partial charge in [0.25, 0.3) is 5.91 Å². The molecule has 0 aromatic heterocycles. The molecule has 1 fully saturated rings. The van der Waals surface area contributed by atoms with Crippen molar-refractivity contribution >= 4 is 40.1 Å². The molecule has 3 nitrogen and oxygen atoms in total. The Labute approximate surface area is 151 Å². The normalized spacial score (nSPS) is 19.0. The molecular formula is C19H19ClN2OS. The summed E-state index contributed by atoms with van der Waals surface area (Å²) in [4.78, 5) is 19.5. The van der Waals surface area contributed by atoms with Crippen molar-refractivity contribution in [2.24, 2.45) is 4.99 Å². The first-order valence-electron chi connectivity index (χ1n) is 7.95. The highest BCUT2D eigenvalue weighted by Crippen LogP contribution is 2.30. The lowest BCUT2D eigenvalue weighted by molar-refractivity contribution is 0.0819. The number of amidine groups is 1. The second-order valence-corrected chi connectivity index (χ2v) is 7.22. The Hall–Kier alpha value is -1.78. The van der Waals surface area contributed by atoms with Gasteiger partial charge in [-0.3, -0.25) is 9.69 Å². The fourth-order valence-corrected chi connectivity index (χ4v) is 4.14. The van der Waals surface area contributed by atoms with Gasteiger partial charge in [0, 0.05) is 22.4 Å². The molecule has 124 valence electrons. The summed E-state index contributed by atoms with van der Waals surface area (Å²) < 4.78 is 0. The van der Waals surface area contributed by atoms with E-state index in [0.717, 1.165) is 28.6 Å².